The summed E-state index contributed by atoms with van der Waals surface area (Å²) in [6, 6.07) is 0. The van der Waals surface area contributed by atoms with Crippen molar-refractivity contribution in [3.05, 3.63) is 12.2 Å². The van der Waals surface area contributed by atoms with E-state index in [9.17, 15) is 19.2 Å². The van der Waals surface area contributed by atoms with Crippen LogP contribution >= 0.6 is 0 Å². The van der Waals surface area contributed by atoms with Gasteiger partial charge in [-0.3, -0.25) is 14.4 Å². The number of amides is 1. The molecule has 1 rings (SSSR count). The molecule has 0 aromatic heterocycles. The van der Waals surface area contributed by atoms with Gasteiger partial charge in [-0.05, 0) is 84.2 Å². The maximum absolute atomic E-state index is 13.7. The molecule has 0 saturated heterocycles. The summed E-state index contributed by atoms with van der Waals surface area (Å²) in [4.78, 5) is 56.3. The zero-order chi connectivity index (χ0) is 46.2. The van der Waals surface area contributed by atoms with Gasteiger partial charge in [-0.1, -0.05) is 150 Å². The molecule has 3 unspecified atom stereocenters. The van der Waals surface area contributed by atoms with Gasteiger partial charge in [0.2, 0.25) is 0 Å². The van der Waals surface area contributed by atoms with Crippen LogP contribution in [0.4, 0.5) is 4.79 Å². The molecule has 0 spiro atoms. The smallest absolute Gasteiger partial charge is 0.409 e. The highest BCUT2D eigenvalue weighted by Gasteiger charge is 2.42. The molecule has 1 aliphatic carbocycles. The van der Waals surface area contributed by atoms with Crippen molar-refractivity contribution >= 4 is 24.0 Å². The molecular weight excluding hydrogens is 781 g/mol. The van der Waals surface area contributed by atoms with Crippen LogP contribution in [0.15, 0.2) is 12.2 Å². The first-order chi connectivity index (χ1) is 29.5. The molecule has 0 bridgehead atoms. The lowest BCUT2D eigenvalue weighted by Crippen LogP contribution is -2.41. The van der Waals surface area contributed by atoms with Crippen LogP contribution in [-0.2, 0) is 33.3 Å². The van der Waals surface area contributed by atoms with E-state index in [0.29, 0.717) is 32.2 Å². The maximum Gasteiger partial charge on any atom is 0.409 e. The second-order valence-electron chi connectivity index (χ2n) is 20.1. The summed E-state index contributed by atoms with van der Waals surface area (Å²) in [7, 11) is 5.72. The van der Waals surface area contributed by atoms with Crippen molar-refractivity contribution in [1.29, 1.82) is 0 Å². The Hall–Kier alpha value is -2.62. The number of carbonyl (C=O) groups excluding carboxylic acids is 4. The minimum atomic E-state index is -0.836. The Labute approximate surface area is 380 Å². The predicted molar refractivity (Wildman–Crippen MR) is 254 cm³/mol. The molecule has 0 heterocycles. The number of hydrogen-bond donors (Lipinski definition) is 0. The van der Waals surface area contributed by atoms with Crippen molar-refractivity contribution in [1.82, 2.24) is 9.80 Å². The Morgan fingerprint density at radius 2 is 1.11 bits per heavy atom. The van der Waals surface area contributed by atoms with Gasteiger partial charge in [-0.25, -0.2) is 4.79 Å². The average Bonchev–Trinajstić information content (AvgIpc) is 3.57. The molecule has 362 valence electrons. The van der Waals surface area contributed by atoms with Crippen LogP contribution in [0.3, 0.4) is 0 Å². The molecule has 1 fully saturated rings. The maximum atomic E-state index is 13.7. The van der Waals surface area contributed by atoms with Gasteiger partial charge >= 0.3 is 24.0 Å². The first-order valence-corrected chi connectivity index (χ1v) is 25.3. The first kappa shape index (κ1) is 57.4. The van der Waals surface area contributed by atoms with Crippen molar-refractivity contribution in [2.24, 2.45) is 23.2 Å². The van der Waals surface area contributed by atoms with E-state index in [2.05, 4.69) is 46.8 Å². The van der Waals surface area contributed by atoms with Gasteiger partial charge in [0.05, 0.1) is 13.2 Å². The first-order valence-electron chi connectivity index (χ1n) is 25.3. The Morgan fingerprint density at radius 3 is 1.58 bits per heavy atom. The second-order valence-corrected chi connectivity index (χ2v) is 20.1. The average molecular weight is 877 g/mol. The number of ether oxygens (including phenoxy) is 4. The highest BCUT2D eigenvalue weighted by atomic mass is 16.6. The van der Waals surface area contributed by atoms with Crippen molar-refractivity contribution in [2.75, 3.05) is 47.4 Å². The van der Waals surface area contributed by atoms with E-state index in [-0.39, 0.29) is 67.5 Å². The van der Waals surface area contributed by atoms with E-state index in [4.69, 9.17) is 18.9 Å². The summed E-state index contributed by atoms with van der Waals surface area (Å²) in [5.74, 6) is -0.937. The van der Waals surface area contributed by atoms with E-state index < -0.39 is 11.0 Å². The largest absolute Gasteiger partial charge is 0.465 e. The molecule has 10 nitrogen and oxygen atoms in total. The Bertz CT molecular complexity index is 1200. The van der Waals surface area contributed by atoms with Gasteiger partial charge in [-0.15, -0.1) is 0 Å². The molecular formula is C52H96N2O8. The third-order valence-electron chi connectivity index (χ3n) is 12.8. The zero-order valence-electron chi connectivity index (χ0n) is 41.8. The van der Waals surface area contributed by atoms with Crippen molar-refractivity contribution < 1.29 is 38.1 Å². The molecule has 1 aliphatic rings. The molecule has 62 heavy (non-hydrogen) atoms. The fourth-order valence-electron chi connectivity index (χ4n) is 8.97. The van der Waals surface area contributed by atoms with Crippen molar-refractivity contribution in [2.45, 2.75) is 227 Å². The summed E-state index contributed by atoms with van der Waals surface area (Å²) in [5.41, 5.74) is -1.34. The van der Waals surface area contributed by atoms with E-state index >= 15 is 0 Å². The number of nitrogens with zero attached hydrogens (tertiary/aromatic N) is 2. The highest BCUT2D eigenvalue weighted by molar-refractivity contribution is 5.71. The molecule has 0 N–H and O–H groups in total. The SMILES string of the molecule is CC/C=C\CC1C(CC(=O)OC(C)(C)CC(C)(C)C(COC(=O)CCCCCCCCCCC)COC(=O)CCCCCCCCCCC)CCC1OC(=O)N(C)CCN(C)C. The number of allylic oxidation sites excluding steroid dienone is 2. The van der Waals surface area contributed by atoms with Gasteiger partial charge in [0, 0.05) is 51.2 Å². The molecule has 1 saturated carbocycles. The van der Waals surface area contributed by atoms with E-state index in [1.807, 2.05) is 32.8 Å². The van der Waals surface area contributed by atoms with E-state index in [0.717, 1.165) is 64.3 Å². The zero-order valence-corrected chi connectivity index (χ0v) is 41.8. The predicted octanol–water partition coefficient (Wildman–Crippen LogP) is 13.0. The van der Waals surface area contributed by atoms with Crippen molar-refractivity contribution in [3.63, 3.8) is 0 Å². The lowest BCUT2D eigenvalue weighted by atomic mass is 9.72. The number of esters is 3. The van der Waals surface area contributed by atoms with Gasteiger partial charge in [0.15, 0.2) is 0 Å². The lowest BCUT2D eigenvalue weighted by Gasteiger charge is -2.39. The van der Waals surface area contributed by atoms with Crippen molar-refractivity contribution in [3.8, 4) is 0 Å². The quantitative estimate of drug-likeness (QED) is 0.0261. The van der Waals surface area contributed by atoms with Crippen LogP contribution in [-0.4, -0.2) is 93.0 Å². The third kappa shape index (κ3) is 27.5. The Kier molecular flexibility index (Phi) is 31.3. The summed E-state index contributed by atoms with van der Waals surface area (Å²) in [6.07, 6.45) is 29.5. The van der Waals surface area contributed by atoms with Gasteiger partial charge in [0.1, 0.15) is 11.7 Å². The normalized spacial score (nSPS) is 16.9. The van der Waals surface area contributed by atoms with E-state index in [1.54, 1.807) is 11.9 Å². The molecule has 0 aromatic rings. The highest BCUT2D eigenvalue weighted by Crippen LogP contribution is 2.41. The number of likely N-dealkylation sites (N-methyl/N-ethyl adjacent to an activating group) is 2. The van der Waals surface area contributed by atoms with Gasteiger partial charge < -0.3 is 28.7 Å². The summed E-state index contributed by atoms with van der Waals surface area (Å²) >= 11 is 0. The van der Waals surface area contributed by atoms with Gasteiger partial charge in [0.25, 0.3) is 0 Å². The second kappa shape index (κ2) is 33.8. The molecule has 0 aromatic carbocycles. The van der Waals surface area contributed by atoms with Crippen LogP contribution in [0.1, 0.15) is 215 Å². The monoisotopic (exact) mass is 877 g/mol. The number of rotatable bonds is 37. The standard InChI is InChI=1S/C52H96N2O8/c1-11-14-17-19-21-23-25-27-30-33-47(55)59-40-44(41-60-48(56)34-31-28-26-24-22-20-18-15-12-2)51(4,5)42-52(6,7)62-49(57)39-43-35-36-46(45(43)32-29-16-13-3)61-50(58)54(10)38-37-53(8)9/h16,29,43-46H,11-15,17-28,30-42H2,1-10H3/b29-16-. The molecule has 0 aliphatic heterocycles. The fourth-order valence-corrected chi connectivity index (χ4v) is 8.97. The van der Waals surface area contributed by atoms with Crippen LogP contribution in [0, 0.1) is 23.2 Å². The number of carbonyl (C=O) groups is 4. The third-order valence-corrected chi connectivity index (χ3v) is 12.8. The fraction of sp³-hybridized carbons (Fsp3) is 0.885. The summed E-state index contributed by atoms with van der Waals surface area (Å²) in [6.45, 7) is 16.2. The number of hydrogen-bond acceptors (Lipinski definition) is 9. The van der Waals surface area contributed by atoms with Crippen LogP contribution < -0.4 is 0 Å². The van der Waals surface area contributed by atoms with Crippen LogP contribution in [0.5, 0.6) is 0 Å². The lowest BCUT2D eigenvalue weighted by molar-refractivity contribution is -0.163. The van der Waals surface area contributed by atoms with Crippen LogP contribution in [0.25, 0.3) is 0 Å². The summed E-state index contributed by atoms with van der Waals surface area (Å²) in [5, 5.41) is 0. The minimum Gasteiger partial charge on any atom is -0.465 e. The molecule has 1 amide bonds. The molecule has 3 atom stereocenters. The molecule has 0 radical (unpaired) electrons. The van der Waals surface area contributed by atoms with Crippen LogP contribution in [0.2, 0.25) is 0 Å². The van der Waals surface area contributed by atoms with E-state index in [1.165, 1.54) is 77.0 Å². The Balaban J connectivity index is 2.89. The minimum absolute atomic E-state index is 0.0240. The molecule has 10 heteroatoms. The topological polar surface area (TPSA) is 112 Å². The number of unbranched alkanes of at least 4 members (excludes halogenated alkanes) is 16. The van der Waals surface area contributed by atoms with Gasteiger partial charge in [-0.2, -0.15) is 0 Å². The Morgan fingerprint density at radius 1 is 0.629 bits per heavy atom. The summed E-state index contributed by atoms with van der Waals surface area (Å²) < 4.78 is 24.1.